The normalized spacial score (nSPS) is 15.1. The maximum atomic E-state index is 12.7. The average Bonchev–Trinajstić information content (AvgIpc) is 3.20. The van der Waals surface area contributed by atoms with Crippen molar-refractivity contribution < 1.29 is 66.7 Å². The predicted octanol–water partition coefficient (Wildman–Crippen LogP) is 10.2. The Bertz CT molecular complexity index is 1310. The number of phosphoric acid groups is 2. The zero-order valence-corrected chi connectivity index (χ0v) is 38.2. The van der Waals surface area contributed by atoms with E-state index in [1.165, 1.54) is 57.8 Å². The quantitative estimate of drug-likeness (QED) is 0.0127. The number of carbonyl (C=O) groups excluding carboxylic acids is 2. The number of rotatable bonds is 41. The van der Waals surface area contributed by atoms with Crippen molar-refractivity contribution in [3.05, 3.63) is 60.8 Å². The Morgan fingerprint density at radius 2 is 1.05 bits per heavy atom. The lowest BCUT2D eigenvalue weighted by Gasteiger charge is -2.20. The zero-order valence-electron chi connectivity index (χ0n) is 36.4. The van der Waals surface area contributed by atoms with E-state index < -0.39 is 72.3 Å². The van der Waals surface area contributed by atoms with Gasteiger partial charge in [-0.25, -0.2) is 9.13 Å². The molecule has 0 aromatic carbocycles. The minimum absolute atomic E-state index is 0.0339. The molecule has 0 aliphatic carbocycles. The smallest absolute Gasteiger partial charge is 0.462 e. The second-order valence-corrected chi connectivity index (χ2v) is 17.5. The molecule has 348 valence electrons. The van der Waals surface area contributed by atoms with Crippen LogP contribution in [0.2, 0.25) is 0 Å². The largest absolute Gasteiger partial charge is 0.472 e. The number of esters is 2. The molecular weight excluding hydrogens is 814 g/mol. The first-order chi connectivity index (χ1) is 28.8. The number of allylic oxidation sites excluding steroid dienone is 9. The summed E-state index contributed by atoms with van der Waals surface area (Å²) in [5, 5.41) is 20.0. The van der Waals surface area contributed by atoms with Crippen LogP contribution in [0.5, 0.6) is 0 Å². The van der Waals surface area contributed by atoms with Gasteiger partial charge in [0.1, 0.15) is 12.7 Å². The van der Waals surface area contributed by atoms with Gasteiger partial charge in [0.05, 0.1) is 25.9 Å². The molecule has 0 saturated carbocycles. The van der Waals surface area contributed by atoms with Gasteiger partial charge in [-0.05, 0) is 70.6 Å². The lowest BCUT2D eigenvalue weighted by molar-refractivity contribution is -0.161. The fraction of sp³-hybridized carbons (Fsp3) is 0.727. The minimum atomic E-state index is -4.88. The Kier molecular flexibility index (Phi) is 38.1. The van der Waals surface area contributed by atoms with E-state index in [0.29, 0.717) is 19.3 Å². The summed E-state index contributed by atoms with van der Waals surface area (Å²) in [7, 11) is -9.74. The van der Waals surface area contributed by atoms with Gasteiger partial charge in [0.2, 0.25) is 0 Å². The first-order valence-electron chi connectivity index (χ1n) is 22.1. The standard InChI is InChI=1S/C44H78O14P2/c1-3-5-7-9-11-13-15-17-18-20-22-24-26-28-30-34-44(48)58-42(39-57-60(52,53)56-37-41(46)36-55-59(49,50)51)38-54-43(47)35-31-33-40(45)32-29-27-25-23-21-19-16-14-12-10-8-6-4-2/h11,13,17-19,21,25,27,29,32,40-42,45-46H,3-10,12,14-16,20,22-24,26,28,30-31,33-39H2,1-2H3,(H,52,53)(H2,49,50,51)/b13-11-,18-17-,21-19+,27-25+,32-29+/t40?,41-,42+/m0/s1. The molecule has 0 saturated heterocycles. The predicted molar refractivity (Wildman–Crippen MR) is 236 cm³/mol. The highest BCUT2D eigenvalue weighted by molar-refractivity contribution is 7.47. The summed E-state index contributed by atoms with van der Waals surface area (Å²) in [6, 6.07) is 0. The van der Waals surface area contributed by atoms with Crippen molar-refractivity contribution >= 4 is 27.6 Å². The molecule has 0 bridgehead atoms. The van der Waals surface area contributed by atoms with E-state index in [1.807, 2.05) is 12.2 Å². The molecule has 0 fully saturated rings. The molecule has 0 aromatic heterocycles. The molecular formula is C44H78O14P2. The van der Waals surface area contributed by atoms with Crippen LogP contribution in [0.4, 0.5) is 0 Å². The maximum absolute atomic E-state index is 12.7. The molecule has 14 nitrogen and oxygen atoms in total. The topological polar surface area (TPSA) is 216 Å². The van der Waals surface area contributed by atoms with Crippen LogP contribution in [-0.2, 0) is 41.8 Å². The summed E-state index contributed by atoms with van der Waals surface area (Å²) >= 11 is 0. The highest BCUT2D eigenvalue weighted by Gasteiger charge is 2.28. The monoisotopic (exact) mass is 892 g/mol. The van der Waals surface area contributed by atoms with Crippen molar-refractivity contribution in [3.63, 3.8) is 0 Å². The van der Waals surface area contributed by atoms with Crippen molar-refractivity contribution in [2.75, 3.05) is 26.4 Å². The number of aliphatic hydroxyl groups excluding tert-OH is 2. The Hall–Kier alpha value is -2.22. The Morgan fingerprint density at radius 1 is 0.550 bits per heavy atom. The van der Waals surface area contributed by atoms with E-state index in [2.05, 4.69) is 59.4 Å². The van der Waals surface area contributed by atoms with Crippen LogP contribution in [0.15, 0.2) is 60.8 Å². The second-order valence-electron chi connectivity index (χ2n) is 14.8. The summed E-state index contributed by atoms with van der Waals surface area (Å²) in [5.41, 5.74) is 0. The van der Waals surface area contributed by atoms with Crippen molar-refractivity contribution in [3.8, 4) is 0 Å². The Labute approximate surface area is 360 Å². The minimum Gasteiger partial charge on any atom is -0.462 e. The average molecular weight is 893 g/mol. The number of aliphatic hydroxyl groups is 2. The lowest BCUT2D eigenvalue weighted by Crippen LogP contribution is -2.30. The SMILES string of the molecule is CCCCC/C=C\C/C=C\CCCCCCCC(=O)O[C@H](COC(=O)CCCC(O)/C=C/C=C/C/C=C/CCCCCCCC)COP(=O)(O)OC[C@@H](O)COP(=O)(O)O. The van der Waals surface area contributed by atoms with Crippen LogP contribution < -0.4 is 0 Å². The molecule has 2 unspecified atom stereocenters. The van der Waals surface area contributed by atoms with Gasteiger partial charge >= 0.3 is 27.6 Å². The van der Waals surface area contributed by atoms with Gasteiger partial charge in [-0.15, -0.1) is 0 Å². The molecule has 0 aliphatic rings. The summed E-state index contributed by atoms with van der Waals surface area (Å²) in [5.74, 6) is -1.25. The summed E-state index contributed by atoms with van der Waals surface area (Å²) < 4.78 is 47.6. The third kappa shape index (κ3) is 42.5. The maximum Gasteiger partial charge on any atom is 0.472 e. The van der Waals surface area contributed by atoms with E-state index in [1.54, 1.807) is 12.2 Å². The third-order valence-electron chi connectivity index (χ3n) is 8.97. The number of hydrogen-bond donors (Lipinski definition) is 5. The van der Waals surface area contributed by atoms with Gasteiger partial charge in [0, 0.05) is 12.8 Å². The van der Waals surface area contributed by atoms with Gasteiger partial charge in [-0.1, -0.05) is 139 Å². The summed E-state index contributed by atoms with van der Waals surface area (Å²) in [4.78, 5) is 52.7. The zero-order chi connectivity index (χ0) is 44.6. The molecule has 16 heteroatoms. The molecule has 5 N–H and O–H groups in total. The molecule has 60 heavy (non-hydrogen) atoms. The molecule has 0 radical (unpaired) electrons. The van der Waals surface area contributed by atoms with Crippen molar-refractivity contribution in [1.29, 1.82) is 0 Å². The first-order valence-corrected chi connectivity index (χ1v) is 25.1. The van der Waals surface area contributed by atoms with Crippen molar-refractivity contribution in [2.24, 2.45) is 0 Å². The van der Waals surface area contributed by atoms with Crippen molar-refractivity contribution in [2.45, 2.75) is 180 Å². The number of phosphoric ester groups is 2. The molecule has 4 atom stereocenters. The van der Waals surface area contributed by atoms with E-state index in [0.717, 1.165) is 57.8 Å². The fourth-order valence-corrected chi connectivity index (χ4v) is 6.72. The molecule has 0 aromatic rings. The number of hydrogen-bond acceptors (Lipinski definition) is 11. The van der Waals surface area contributed by atoms with Crippen LogP contribution in [0, 0.1) is 0 Å². The highest BCUT2D eigenvalue weighted by atomic mass is 31.2. The molecule has 0 rings (SSSR count). The van der Waals surface area contributed by atoms with Crippen molar-refractivity contribution in [1.82, 2.24) is 0 Å². The van der Waals surface area contributed by atoms with Crippen LogP contribution in [0.25, 0.3) is 0 Å². The van der Waals surface area contributed by atoms with Gasteiger partial charge in [-0.2, -0.15) is 0 Å². The summed E-state index contributed by atoms with van der Waals surface area (Å²) in [6.07, 6.45) is 38.1. The molecule has 0 amide bonds. The highest BCUT2D eigenvalue weighted by Crippen LogP contribution is 2.43. The van der Waals surface area contributed by atoms with Gasteiger partial charge in [0.15, 0.2) is 6.10 Å². The summed E-state index contributed by atoms with van der Waals surface area (Å²) in [6.45, 7) is 1.49. The third-order valence-corrected chi connectivity index (χ3v) is 10.4. The molecule has 0 spiro atoms. The molecule has 0 aliphatic heterocycles. The lowest BCUT2D eigenvalue weighted by atomic mass is 10.1. The van der Waals surface area contributed by atoms with Crippen LogP contribution in [0.3, 0.4) is 0 Å². The second kappa shape index (κ2) is 39.6. The van der Waals surface area contributed by atoms with E-state index in [-0.39, 0.29) is 12.8 Å². The molecule has 0 heterocycles. The Balaban J connectivity index is 4.72. The first kappa shape index (κ1) is 57.8. The fourth-order valence-electron chi connectivity index (χ4n) is 5.56. The van der Waals surface area contributed by atoms with Crippen LogP contribution >= 0.6 is 15.6 Å². The van der Waals surface area contributed by atoms with Gasteiger partial charge < -0.3 is 34.4 Å². The van der Waals surface area contributed by atoms with Gasteiger partial charge in [-0.3, -0.25) is 23.2 Å². The van der Waals surface area contributed by atoms with Gasteiger partial charge in [0.25, 0.3) is 0 Å². The number of unbranched alkanes of at least 4 members (excludes halogenated alkanes) is 14. The number of ether oxygens (including phenoxy) is 2. The van der Waals surface area contributed by atoms with E-state index in [4.69, 9.17) is 23.8 Å². The van der Waals surface area contributed by atoms with Crippen LogP contribution in [0.1, 0.15) is 162 Å². The Morgan fingerprint density at radius 3 is 1.67 bits per heavy atom. The van der Waals surface area contributed by atoms with E-state index in [9.17, 15) is 33.8 Å². The van der Waals surface area contributed by atoms with E-state index >= 15 is 0 Å². The van der Waals surface area contributed by atoms with Crippen LogP contribution in [-0.4, -0.2) is 81.6 Å². The number of carbonyl (C=O) groups is 2.